The van der Waals surface area contributed by atoms with Crippen LogP contribution in [0.5, 0.6) is 0 Å². The van der Waals surface area contributed by atoms with E-state index in [0.717, 1.165) is 18.1 Å². The molecule has 0 amide bonds. The largest absolute Gasteiger partial charge is 0.306 e. The number of rotatable bonds is 2. The molecule has 2 nitrogen and oxygen atoms in total. The van der Waals surface area contributed by atoms with Gasteiger partial charge in [0.05, 0.1) is 6.04 Å². The van der Waals surface area contributed by atoms with Crippen LogP contribution < -0.4 is 5.32 Å². The van der Waals surface area contributed by atoms with Gasteiger partial charge in [0.2, 0.25) is 0 Å². The van der Waals surface area contributed by atoms with Crippen molar-refractivity contribution in [3.63, 3.8) is 0 Å². The maximum atomic E-state index is 12.0. The summed E-state index contributed by atoms with van der Waals surface area (Å²) in [5.74, 6) is 2.08. The van der Waals surface area contributed by atoms with Gasteiger partial charge in [-0.25, -0.2) is 0 Å². The van der Waals surface area contributed by atoms with Crippen molar-refractivity contribution in [2.45, 2.75) is 6.04 Å². The lowest BCUT2D eigenvalue weighted by molar-refractivity contribution is 0.0953. The molecule has 0 aliphatic carbocycles. The molecule has 1 aliphatic heterocycles. The molecule has 2 rings (SSSR count). The predicted octanol–water partition coefficient (Wildman–Crippen LogP) is 2.23. The van der Waals surface area contributed by atoms with Crippen LogP contribution in [0, 0.1) is 0 Å². The zero-order chi connectivity index (χ0) is 10.7. The second kappa shape index (κ2) is 5.01. The van der Waals surface area contributed by atoms with Crippen molar-refractivity contribution in [3.8, 4) is 0 Å². The topological polar surface area (TPSA) is 29.1 Å². The first-order chi connectivity index (χ1) is 7.27. The third-order valence-electron chi connectivity index (χ3n) is 2.35. The fourth-order valence-electron chi connectivity index (χ4n) is 1.58. The van der Waals surface area contributed by atoms with Crippen LogP contribution in [0.2, 0.25) is 5.02 Å². The van der Waals surface area contributed by atoms with Crippen molar-refractivity contribution < 1.29 is 4.79 Å². The minimum Gasteiger partial charge on any atom is -0.306 e. The smallest absolute Gasteiger partial charge is 0.180 e. The first kappa shape index (κ1) is 11.0. The minimum absolute atomic E-state index is 0.0535. The van der Waals surface area contributed by atoms with Crippen LogP contribution in [0.15, 0.2) is 24.3 Å². The highest BCUT2D eigenvalue weighted by atomic mass is 35.5. The van der Waals surface area contributed by atoms with Gasteiger partial charge in [-0.2, -0.15) is 11.8 Å². The summed E-state index contributed by atoms with van der Waals surface area (Å²) in [6.07, 6.45) is 0. The van der Waals surface area contributed by atoms with Gasteiger partial charge in [0.15, 0.2) is 5.78 Å². The Labute approximate surface area is 98.4 Å². The van der Waals surface area contributed by atoms with E-state index < -0.39 is 0 Å². The third kappa shape index (κ3) is 2.74. The number of thioether (sulfide) groups is 1. The van der Waals surface area contributed by atoms with Gasteiger partial charge >= 0.3 is 0 Å². The van der Waals surface area contributed by atoms with Gasteiger partial charge in [-0.05, 0) is 12.1 Å². The van der Waals surface area contributed by atoms with Crippen LogP contribution in [-0.2, 0) is 0 Å². The van der Waals surface area contributed by atoms with E-state index in [0.29, 0.717) is 10.6 Å². The van der Waals surface area contributed by atoms with Crippen LogP contribution in [0.3, 0.4) is 0 Å². The maximum Gasteiger partial charge on any atom is 0.180 e. The molecule has 0 radical (unpaired) electrons. The van der Waals surface area contributed by atoms with Gasteiger partial charge in [-0.3, -0.25) is 4.79 Å². The van der Waals surface area contributed by atoms with Crippen LogP contribution in [0.25, 0.3) is 0 Å². The Balaban J connectivity index is 2.12. The number of carbonyl (C=O) groups excluding carboxylic acids is 1. The Morgan fingerprint density at radius 2 is 2.40 bits per heavy atom. The van der Waals surface area contributed by atoms with E-state index in [-0.39, 0.29) is 11.8 Å². The highest BCUT2D eigenvalue weighted by Gasteiger charge is 2.21. The fraction of sp³-hybridized carbons (Fsp3) is 0.364. The van der Waals surface area contributed by atoms with E-state index in [9.17, 15) is 4.79 Å². The summed E-state index contributed by atoms with van der Waals surface area (Å²) in [6, 6.07) is 7.08. The van der Waals surface area contributed by atoms with Crippen LogP contribution in [0.4, 0.5) is 0 Å². The van der Waals surface area contributed by atoms with Crippen molar-refractivity contribution in [3.05, 3.63) is 34.9 Å². The summed E-state index contributed by atoms with van der Waals surface area (Å²) in [7, 11) is 0. The molecule has 1 fully saturated rings. The lowest BCUT2D eigenvalue weighted by atomic mass is 10.1. The summed E-state index contributed by atoms with van der Waals surface area (Å²) in [6.45, 7) is 0.904. The molecule has 1 heterocycles. The molecule has 1 N–H and O–H groups in total. The highest BCUT2D eigenvalue weighted by molar-refractivity contribution is 7.99. The van der Waals surface area contributed by atoms with Crippen LogP contribution in [-0.4, -0.2) is 29.9 Å². The van der Waals surface area contributed by atoms with Crippen molar-refractivity contribution in [1.82, 2.24) is 5.32 Å². The maximum absolute atomic E-state index is 12.0. The lowest BCUT2D eigenvalue weighted by Gasteiger charge is -2.21. The summed E-state index contributed by atoms with van der Waals surface area (Å²) in [5.41, 5.74) is 0.697. The van der Waals surface area contributed by atoms with Crippen molar-refractivity contribution in [2.75, 3.05) is 18.1 Å². The molecule has 0 bridgehead atoms. The fourth-order valence-corrected chi connectivity index (χ4v) is 2.70. The number of hydrogen-bond acceptors (Lipinski definition) is 3. The Morgan fingerprint density at radius 3 is 3.07 bits per heavy atom. The quantitative estimate of drug-likeness (QED) is 0.806. The van der Waals surface area contributed by atoms with Crippen LogP contribution in [0.1, 0.15) is 10.4 Å². The van der Waals surface area contributed by atoms with Crippen molar-refractivity contribution in [2.24, 2.45) is 0 Å². The minimum atomic E-state index is -0.0535. The van der Waals surface area contributed by atoms with E-state index in [1.807, 2.05) is 23.9 Å². The molecular formula is C11H12ClNOS. The summed E-state index contributed by atoms with van der Waals surface area (Å²) < 4.78 is 0. The van der Waals surface area contributed by atoms with Crippen LogP contribution >= 0.6 is 23.4 Å². The predicted molar refractivity (Wildman–Crippen MR) is 64.9 cm³/mol. The molecule has 0 aromatic heterocycles. The van der Waals surface area contributed by atoms with Gasteiger partial charge in [0, 0.05) is 28.6 Å². The second-order valence-electron chi connectivity index (χ2n) is 3.46. The lowest BCUT2D eigenvalue weighted by Crippen LogP contribution is -2.43. The number of hydrogen-bond donors (Lipinski definition) is 1. The number of Topliss-reactive ketones (excluding diaryl/α,β-unsaturated/α-hetero) is 1. The molecule has 1 aromatic rings. The number of ketones is 1. The standard InChI is InChI=1S/C11H12ClNOS/c12-9-3-1-2-8(6-9)11(14)10-7-15-5-4-13-10/h1-3,6,10,13H,4-5,7H2. The Hall–Kier alpha value is -0.510. The zero-order valence-corrected chi connectivity index (χ0v) is 9.77. The SMILES string of the molecule is O=C(c1cccc(Cl)c1)C1CSCCN1. The van der Waals surface area contributed by atoms with Gasteiger partial charge in [0.25, 0.3) is 0 Å². The molecule has 4 heteroatoms. The molecule has 0 spiro atoms. The molecule has 1 unspecified atom stereocenters. The average molecular weight is 242 g/mol. The van der Waals surface area contributed by atoms with E-state index in [1.165, 1.54) is 0 Å². The molecule has 1 aromatic carbocycles. The number of carbonyl (C=O) groups is 1. The molecule has 15 heavy (non-hydrogen) atoms. The van der Waals surface area contributed by atoms with Gasteiger partial charge < -0.3 is 5.32 Å². The third-order valence-corrected chi connectivity index (χ3v) is 3.64. The number of benzene rings is 1. The molecule has 1 atom stereocenters. The Morgan fingerprint density at radius 1 is 1.53 bits per heavy atom. The number of nitrogens with one attached hydrogen (secondary N) is 1. The summed E-state index contributed by atoms with van der Waals surface area (Å²) in [4.78, 5) is 12.0. The van der Waals surface area contributed by atoms with E-state index in [4.69, 9.17) is 11.6 Å². The molecule has 1 saturated heterocycles. The zero-order valence-electron chi connectivity index (χ0n) is 8.20. The number of halogens is 1. The molecular weight excluding hydrogens is 230 g/mol. The Bertz CT molecular complexity index is 363. The van der Waals surface area contributed by atoms with Gasteiger partial charge in [-0.15, -0.1) is 0 Å². The second-order valence-corrected chi connectivity index (χ2v) is 5.04. The van der Waals surface area contributed by atoms with Gasteiger partial charge in [-0.1, -0.05) is 23.7 Å². The van der Waals surface area contributed by atoms with E-state index >= 15 is 0 Å². The first-order valence-electron chi connectivity index (χ1n) is 4.88. The van der Waals surface area contributed by atoms with E-state index in [2.05, 4.69) is 5.32 Å². The molecule has 80 valence electrons. The average Bonchev–Trinajstić information content (AvgIpc) is 2.29. The monoisotopic (exact) mass is 241 g/mol. The summed E-state index contributed by atoms with van der Waals surface area (Å²) in [5, 5.41) is 3.84. The van der Waals surface area contributed by atoms with Crippen molar-refractivity contribution >= 4 is 29.1 Å². The molecule has 1 aliphatic rings. The molecule has 0 saturated carbocycles. The van der Waals surface area contributed by atoms with Gasteiger partial charge in [0.1, 0.15) is 0 Å². The normalized spacial score (nSPS) is 21.3. The summed E-state index contributed by atoms with van der Waals surface area (Å²) >= 11 is 7.66. The Kier molecular flexibility index (Phi) is 3.67. The first-order valence-corrected chi connectivity index (χ1v) is 6.41. The highest BCUT2D eigenvalue weighted by Crippen LogP contribution is 2.16. The van der Waals surface area contributed by atoms with Crippen molar-refractivity contribution in [1.29, 1.82) is 0 Å². The van der Waals surface area contributed by atoms with E-state index in [1.54, 1.807) is 12.1 Å².